The highest BCUT2D eigenvalue weighted by Gasteiger charge is 2.14. The molecule has 1 rings (SSSR count). The average Bonchev–Trinajstić information content (AvgIpc) is 2.29. The molecule has 0 aliphatic heterocycles. The van der Waals surface area contributed by atoms with E-state index in [-0.39, 0.29) is 18.2 Å². The normalized spacial score (nSPS) is 12.2. The Morgan fingerprint density at radius 1 is 1.59 bits per heavy atom. The zero-order chi connectivity index (χ0) is 12.8. The van der Waals surface area contributed by atoms with Crippen molar-refractivity contribution in [2.75, 3.05) is 6.61 Å². The summed E-state index contributed by atoms with van der Waals surface area (Å²) in [6.45, 7) is 1.88. The van der Waals surface area contributed by atoms with Gasteiger partial charge in [-0.1, -0.05) is 11.6 Å². The number of hydrogen-bond donors (Lipinski definition) is 2. The van der Waals surface area contributed by atoms with E-state index in [0.717, 1.165) is 6.07 Å². The molecule has 0 heterocycles. The second-order valence-corrected chi connectivity index (χ2v) is 4.30. The van der Waals surface area contributed by atoms with Crippen molar-refractivity contribution in [1.82, 2.24) is 5.32 Å². The molecule has 1 amide bonds. The van der Waals surface area contributed by atoms with E-state index in [1.54, 1.807) is 6.92 Å². The number of carbonyl (C=O) groups is 1. The minimum Gasteiger partial charge on any atom is -0.396 e. The Labute approximate surface area is 105 Å². The van der Waals surface area contributed by atoms with Crippen LogP contribution in [0.2, 0.25) is 5.02 Å². The zero-order valence-electron chi connectivity index (χ0n) is 9.54. The van der Waals surface area contributed by atoms with Gasteiger partial charge in [0.2, 0.25) is 0 Å². The van der Waals surface area contributed by atoms with Crippen LogP contribution in [-0.2, 0) is 0 Å². The lowest BCUT2D eigenvalue weighted by Gasteiger charge is -2.13. The third-order valence-electron chi connectivity index (χ3n) is 2.35. The molecule has 3 nitrogen and oxygen atoms in total. The summed E-state index contributed by atoms with van der Waals surface area (Å²) in [7, 11) is 0. The van der Waals surface area contributed by atoms with Gasteiger partial charge in [0.15, 0.2) is 0 Å². The fourth-order valence-corrected chi connectivity index (χ4v) is 1.61. The monoisotopic (exact) mass is 259 g/mol. The predicted molar refractivity (Wildman–Crippen MR) is 64.7 cm³/mol. The number of halogens is 2. The highest BCUT2D eigenvalue weighted by Crippen LogP contribution is 2.15. The van der Waals surface area contributed by atoms with Gasteiger partial charge in [-0.3, -0.25) is 4.79 Å². The van der Waals surface area contributed by atoms with Gasteiger partial charge >= 0.3 is 0 Å². The third-order valence-corrected chi connectivity index (χ3v) is 2.58. The van der Waals surface area contributed by atoms with E-state index in [0.29, 0.717) is 17.9 Å². The van der Waals surface area contributed by atoms with Crippen molar-refractivity contribution in [3.05, 3.63) is 34.6 Å². The molecule has 1 unspecified atom stereocenters. The molecule has 0 saturated heterocycles. The minimum atomic E-state index is -0.596. The lowest BCUT2D eigenvalue weighted by molar-refractivity contribution is 0.0932. The molecule has 1 atom stereocenters. The number of aliphatic hydroxyl groups excluding tert-OH is 1. The predicted octanol–water partition coefficient (Wildman–Crippen LogP) is 2.37. The molecule has 0 fully saturated rings. The second-order valence-electron chi connectivity index (χ2n) is 3.86. The van der Waals surface area contributed by atoms with Crippen molar-refractivity contribution in [3.8, 4) is 0 Å². The summed E-state index contributed by atoms with van der Waals surface area (Å²) in [4.78, 5) is 11.7. The Morgan fingerprint density at radius 2 is 2.29 bits per heavy atom. The summed E-state index contributed by atoms with van der Waals surface area (Å²) in [6.07, 6.45) is 1.24. The molecule has 0 bridgehead atoms. The van der Waals surface area contributed by atoms with Crippen molar-refractivity contribution in [1.29, 1.82) is 0 Å². The number of rotatable bonds is 5. The van der Waals surface area contributed by atoms with Gasteiger partial charge < -0.3 is 10.4 Å². The number of benzene rings is 1. The SMILES string of the molecule is CC(CCCO)NC(=O)c1cc(Cl)ccc1F. The van der Waals surface area contributed by atoms with Gasteiger partial charge in [-0.2, -0.15) is 0 Å². The molecule has 0 aliphatic rings. The van der Waals surface area contributed by atoms with E-state index in [1.807, 2.05) is 0 Å². The molecular weight excluding hydrogens is 245 g/mol. The Bertz CT molecular complexity index is 398. The van der Waals surface area contributed by atoms with Crippen LogP contribution in [0.4, 0.5) is 4.39 Å². The first-order chi connectivity index (χ1) is 8.04. The first kappa shape index (κ1) is 13.9. The van der Waals surface area contributed by atoms with E-state index >= 15 is 0 Å². The number of nitrogens with one attached hydrogen (secondary N) is 1. The van der Waals surface area contributed by atoms with Crippen LogP contribution >= 0.6 is 11.6 Å². The Morgan fingerprint density at radius 3 is 2.94 bits per heavy atom. The molecule has 5 heteroatoms. The highest BCUT2D eigenvalue weighted by molar-refractivity contribution is 6.30. The van der Waals surface area contributed by atoms with E-state index in [4.69, 9.17) is 16.7 Å². The molecule has 94 valence electrons. The van der Waals surface area contributed by atoms with Crippen LogP contribution in [0.3, 0.4) is 0 Å². The van der Waals surface area contributed by atoms with Crippen LogP contribution in [0.1, 0.15) is 30.1 Å². The summed E-state index contributed by atoms with van der Waals surface area (Å²) in [5, 5.41) is 11.6. The van der Waals surface area contributed by atoms with Crippen LogP contribution in [0, 0.1) is 5.82 Å². The van der Waals surface area contributed by atoms with Crippen molar-refractivity contribution >= 4 is 17.5 Å². The van der Waals surface area contributed by atoms with Gasteiger partial charge in [0, 0.05) is 17.7 Å². The van der Waals surface area contributed by atoms with Gasteiger partial charge in [0.05, 0.1) is 5.56 Å². The van der Waals surface area contributed by atoms with Gasteiger partial charge in [0.25, 0.3) is 5.91 Å². The van der Waals surface area contributed by atoms with Crippen molar-refractivity contribution in [2.24, 2.45) is 0 Å². The van der Waals surface area contributed by atoms with E-state index in [1.165, 1.54) is 12.1 Å². The lowest BCUT2D eigenvalue weighted by atomic mass is 10.1. The molecule has 1 aromatic carbocycles. The van der Waals surface area contributed by atoms with Crippen LogP contribution < -0.4 is 5.32 Å². The molecule has 1 aromatic rings. The summed E-state index contributed by atoms with van der Waals surface area (Å²) in [5.74, 6) is -1.09. The Balaban J connectivity index is 2.66. The van der Waals surface area contributed by atoms with Gasteiger partial charge in [-0.05, 0) is 38.0 Å². The maximum Gasteiger partial charge on any atom is 0.254 e. The summed E-state index contributed by atoms with van der Waals surface area (Å²) < 4.78 is 13.4. The van der Waals surface area contributed by atoms with E-state index in [9.17, 15) is 9.18 Å². The topological polar surface area (TPSA) is 49.3 Å². The van der Waals surface area contributed by atoms with Crippen LogP contribution in [0.5, 0.6) is 0 Å². The van der Waals surface area contributed by atoms with Crippen molar-refractivity contribution in [3.63, 3.8) is 0 Å². The quantitative estimate of drug-likeness (QED) is 0.853. The maximum atomic E-state index is 13.4. The van der Waals surface area contributed by atoms with E-state index in [2.05, 4.69) is 5.32 Å². The number of amides is 1. The molecule has 2 N–H and O–H groups in total. The minimum absolute atomic E-state index is 0.0617. The van der Waals surface area contributed by atoms with Crippen molar-refractivity contribution < 1.29 is 14.3 Å². The maximum absolute atomic E-state index is 13.4. The Kier molecular flexibility index (Phi) is 5.38. The van der Waals surface area contributed by atoms with Crippen molar-refractivity contribution in [2.45, 2.75) is 25.8 Å². The fourth-order valence-electron chi connectivity index (χ4n) is 1.44. The zero-order valence-corrected chi connectivity index (χ0v) is 10.3. The first-order valence-electron chi connectivity index (χ1n) is 5.41. The second kappa shape index (κ2) is 6.57. The molecule has 0 radical (unpaired) electrons. The van der Waals surface area contributed by atoms with Crippen LogP contribution in [-0.4, -0.2) is 23.7 Å². The molecule has 0 aromatic heterocycles. The molecule has 0 spiro atoms. The lowest BCUT2D eigenvalue weighted by Crippen LogP contribution is -2.33. The summed E-state index contributed by atoms with van der Waals surface area (Å²) >= 11 is 5.70. The average molecular weight is 260 g/mol. The summed E-state index contributed by atoms with van der Waals surface area (Å²) in [6, 6.07) is 3.73. The van der Waals surface area contributed by atoms with Crippen LogP contribution in [0.15, 0.2) is 18.2 Å². The molecular formula is C12H15ClFNO2. The Hall–Kier alpha value is -1.13. The first-order valence-corrected chi connectivity index (χ1v) is 5.79. The largest absolute Gasteiger partial charge is 0.396 e. The number of aliphatic hydroxyl groups is 1. The summed E-state index contributed by atoms with van der Waals surface area (Å²) in [5.41, 5.74) is -0.0617. The highest BCUT2D eigenvalue weighted by atomic mass is 35.5. The number of hydrogen-bond acceptors (Lipinski definition) is 2. The van der Waals surface area contributed by atoms with E-state index < -0.39 is 11.7 Å². The van der Waals surface area contributed by atoms with Crippen LogP contribution in [0.25, 0.3) is 0 Å². The fraction of sp³-hybridized carbons (Fsp3) is 0.417. The molecule has 17 heavy (non-hydrogen) atoms. The van der Waals surface area contributed by atoms with Gasteiger partial charge in [-0.25, -0.2) is 4.39 Å². The molecule has 0 saturated carbocycles. The number of carbonyl (C=O) groups excluding carboxylic acids is 1. The van der Waals surface area contributed by atoms with Gasteiger partial charge in [-0.15, -0.1) is 0 Å². The third kappa shape index (κ3) is 4.32. The smallest absolute Gasteiger partial charge is 0.254 e. The molecule has 0 aliphatic carbocycles. The van der Waals surface area contributed by atoms with Gasteiger partial charge in [0.1, 0.15) is 5.82 Å². The standard InChI is InChI=1S/C12H15ClFNO2/c1-8(3-2-6-16)15-12(17)10-7-9(13)4-5-11(10)14/h4-5,7-8,16H,2-3,6H2,1H3,(H,15,17).